The first-order chi connectivity index (χ1) is 11.8. The molecule has 3 aromatic heterocycles. The van der Waals surface area contributed by atoms with E-state index < -0.39 is 0 Å². The van der Waals surface area contributed by atoms with Gasteiger partial charge < -0.3 is 14.2 Å². The maximum absolute atomic E-state index is 12.3. The predicted molar refractivity (Wildman–Crippen MR) is 85.6 cm³/mol. The van der Waals surface area contributed by atoms with E-state index in [0.717, 1.165) is 11.5 Å². The summed E-state index contributed by atoms with van der Waals surface area (Å²) in [6.45, 7) is 5.27. The number of fused-ring (bicyclic) bond motifs is 1. The summed E-state index contributed by atoms with van der Waals surface area (Å²) in [6.07, 6.45) is 3.05. The van der Waals surface area contributed by atoms with E-state index in [9.17, 15) is 4.79 Å². The Morgan fingerprint density at radius 2 is 2.08 bits per heavy atom. The molecule has 0 atom stereocenters. The van der Waals surface area contributed by atoms with E-state index >= 15 is 0 Å². The SMILES string of the molecule is CCn1nnc2c(N3CCN(C(=O)c4ccco4)CC3)ncnc21. The van der Waals surface area contributed by atoms with Gasteiger partial charge in [-0.2, -0.15) is 0 Å². The van der Waals surface area contributed by atoms with Gasteiger partial charge in [0.2, 0.25) is 0 Å². The van der Waals surface area contributed by atoms with E-state index in [0.29, 0.717) is 44.0 Å². The standard InChI is InChI=1S/C15H17N7O2/c1-2-22-14-12(18-19-22)13(16-10-17-14)20-5-7-21(8-6-20)15(23)11-4-3-9-24-11/h3-4,9-10H,2,5-8H2,1H3. The first-order valence-corrected chi connectivity index (χ1v) is 7.90. The molecule has 0 bridgehead atoms. The maximum atomic E-state index is 12.3. The van der Waals surface area contributed by atoms with Crippen LogP contribution in [0.15, 0.2) is 29.1 Å². The van der Waals surface area contributed by atoms with Crippen LogP contribution in [0.1, 0.15) is 17.5 Å². The molecular weight excluding hydrogens is 310 g/mol. The number of hydrogen-bond donors (Lipinski definition) is 0. The second-order valence-corrected chi connectivity index (χ2v) is 5.53. The van der Waals surface area contributed by atoms with Gasteiger partial charge in [-0.15, -0.1) is 5.10 Å². The van der Waals surface area contributed by atoms with E-state index in [1.165, 1.54) is 12.6 Å². The summed E-state index contributed by atoms with van der Waals surface area (Å²) in [5, 5.41) is 8.32. The molecule has 0 radical (unpaired) electrons. The first-order valence-electron chi connectivity index (χ1n) is 7.90. The molecule has 1 aliphatic heterocycles. The number of hydrogen-bond acceptors (Lipinski definition) is 7. The minimum Gasteiger partial charge on any atom is -0.459 e. The highest BCUT2D eigenvalue weighted by atomic mass is 16.3. The normalized spacial score (nSPS) is 15.2. The smallest absolute Gasteiger partial charge is 0.289 e. The van der Waals surface area contributed by atoms with Crippen molar-refractivity contribution in [2.75, 3.05) is 31.1 Å². The van der Waals surface area contributed by atoms with Crippen molar-refractivity contribution in [1.29, 1.82) is 0 Å². The number of rotatable bonds is 3. The van der Waals surface area contributed by atoms with Gasteiger partial charge in [-0.3, -0.25) is 4.79 Å². The molecule has 4 rings (SSSR count). The number of furan rings is 1. The third-order valence-electron chi connectivity index (χ3n) is 4.18. The van der Waals surface area contributed by atoms with E-state index in [1.807, 2.05) is 6.92 Å². The zero-order valence-electron chi connectivity index (χ0n) is 13.3. The molecule has 0 N–H and O–H groups in total. The summed E-state index contributed by atoms with van der Waals surface area (Å²) in [5.74, 6) is 1.06. The quantitative estimate of drug-likeness (QED) is 0.702. The maximum Gasteiger partial charge on any atom is 0.289 e. The second kappa shape index (κ2) is 5.91. The molecule has 0 unspecified atom stereocenters. The molecule has 3 aromatic rings. The Hall–Kier alpha value is -2.97. The number of carbonyl (C=O) groups is 1. The van der Waals surface area contributed by atoms with Crippen LogP contribution in [0.3, 0.4) is 0 Å². The van der Waals surface area contributed by atoms with Crippen molar-refractivity contribution >= 4 is 22.9 Å². The third kappa shape index (κ3) is 2.38. The van der Waals surface area contributed by atoms with Gasteiger partial charge in [-0.1, -0.05) is 5.21 Å². The molecule has 1 fully saturated rings. The van der Waals surface area contributed by atoms with Crippen LogP contribution in [0.2, 0.25) is 0 Å². The van der Waals surface area contributed by atoms with Gasteiger partial charge >= 0.3 is 0 Å². The lowest BCUT2D eigenvalue weighted by Gasteiger charge is -2.34. The monoisotopic (exact) mass is 327 g/mol. The Kier molecular flexibility index (Phi) is 3.60. The van der Waals surface area contributed by atoms with Crippen LogP contribution in [0.25, 0.3) is 11.2 Å². The molecular formula is C15H17N7O2. The van der Waals surface area contributed by atoms with Crippen molar-refractivity contribution in [3.63, 3.8) is 0 Å². The van der Waals surface area contributed by atoms with Crippen LogP contribution < -0.4 is 4.90 Å². The highest BCUT2D eigenvalue weighted by Crippen LogP contribution is 2.22. The Morgan fingerprint density at radius 1 is 1.25 bits per heavy atom. The highest BCUT2D eigenvalue weighted by molar-refractivity contribution is 5.91. The molecule has 0 aliphatic carbocycles. The van der Waals surface area contributed by atoms with E-state index in [4.69, 9.17) is 4.42 Å². The summed E-state index contributed by atoms with van der Waals surface area (Å²) in [7, 11) is 0. The molecule has 24 heavy (non-hydrogen) atoms. The van der Waals surface area contributed by atoms with Gasteiger partial charge in [0.25, 0.3) is 5.91 Å². The summed E-state index contributed by atoms with van der Waals surface area (Å²) < 4.78 is 6.93. The van der Waals surface area contributed by atoms with Crippen LogP contribution in [0.5, 0.6) is 0 Å². The summed E-state index contributed by atoms with van der Waals surface area (Å²) in [5.41, 5.74) is 1.43. The fraction of sp³-hybridized carbons (Fsp3) is 0.400. The summed E-state index contributed by atoms with van der Waals surface area (Å²) in [4.78, 5) is 24.9. The lowest BCUT2D eigenvalue weighted by Crippen LogP contribution is -2.49. The highest BCUT2D eigenvalue weighted by Gasteiger charge is 2.26. The zero-order valence-corrected chi connectivity index (χ0v) is 13.3. The summed E-state index contributed by atoms with van der Waals surface area (Å²) >= 11 is 0. The largest absolute Gasteiger partial charge is 0.459 e. The molecule has 1 saturated heterocycles. The van der Waals surface area contributed by atoms with E-state index in [2.05, 4.69) is 25.2 Å². The van der Waals surface area contributed by atoms with E-state index in [1.54, 1.807) is 21.7 Å². The summed E-state index contributed by atoms with van der Waals surface area (Å²) in [6, 6.07) is 3.41. The Balaban J connectivity index is 1.52. The molecule has 9 nitrogen and oxygen atoms in total. The van der Waals surface area contributed by atoms with E-state index in [-0.39, 0.29) is 5.91 Å². The molecule has 9 heteroatoms. The van der Waals surface area contributed by atoms with Crippen molar-refractivity contribution in [2.24, 2.45) is 0 Å². The lowest BCUT2D eigenvalue weighted by atomic mass is 10.2. The molecule has 0 saturated carbocycles. The van der Waals surface area contributed by atoms with Gasteiger partial charge in [0, 0.05) is 32.7 Å². The first kappa shape index (κ1) is 14.6. The average molecular weight is 327 g/mol. The predicted octanol–water partition coefficient (Wildman–Crippen LogP) is 0.797. The number of anilines is 1. The van der Waals surface area contributed by atoms with Crippen molar-refractivity contribution < 1.29 is 9.21 Å². The molecule has 1 aliphatic rings. The van der Waals surface area contributed by atoms with Crippen LogP contribution in [0, 0.1) is 0 Å². The molecule has 0 aromatic carbocycles. The molecule has 124 valence electrons. The zero-order chi connectivity index (χ0) is 16.5. The van der Waals surface area contributed by atoms with Crippen molar-refractivity contribution in [2.45, 2.75) is 13.5 Å². The minimum atomic E-state index is -0.0792. The molecule has 1 amide bonds. The Labute approximate surface area is 137 Å². The third-order valence-corrected chi connectivity index (χ3v) is 4.18. The van der Waals surface area contributed by atoms with Crippen LogP contribution in [-0.4, -0.2) is 61.9 Å². The number of aromatic nitrogens is 5. The van der Waals surface area contributed by atoms with Crippen LogP contribution >= 0.6 is 0 Å². The van der Waals surface area contributed by atoms with Gasteiger partial charge in [-0.25, -0.2) is 14.6 Å². The van der Waals surface area contributed by atoms with Crippen molar-refractivity contribution in [3.8, 4) is 0 Å². The van der Waals surface area contributed by atoms with Gasteiger partial charge in [-0.05, 0) is 19.1 Å². The Morgan fingerprint density at radius 3 is 2.79 bits per heavy atom. The Bertz CT molecular complexity index is 850. The lowest BCUT2D eigenvalue weighted by molar-refractivity contribution is 0.0714. The molecule has 4 heterocycles. The average Bonchev–Trinajstić information content (AvgIpc) is 3.30. The van der Waals surface area contributed by atoms with Crippen LogP contribution in [0.4, 0.5) is 5.82 Å². The number of piperazine rings is 1. The van der Waals surface area contributed by atoms with Gasteiger partial charge in [0.1, 0.15) is 6.33 Å². The fourth-order valence-corrected chi connectivity index (χ4v) is 2.90. The number of aryl methyl sites for hydroxylation is 1. The van der Waals surface area contributed by atoms with Crippen molar-refractivity contribution in [3.05, 3.63) is 30.5 Å². The number of nitrogens with zero attached hydrogens (tertiary/aromatic N) is 7. The minimum absolute atomic E-state index is 0.0792. The topological polar surface area (TPSA) is 93.2 Å². The van der Waals surface area contributed by atoms with Crippen LogP contribution in [-0.2, 0) is 6.54 Å². The van der Waals surface area contributed by atoms with Gasteiger partial charge in [0.05, 0.1) is 6.26 Å². The number of amides is 1. The fourth-order valence-electron chi connectivity index (χ4n) is 2.90. The van der Waals surface area contributed by atoms with Gasteiger partial charge in [0.15, 0.2) is 22.7 Å². The molecule has 0 spiro atoms. The van der Waals surface area contributed by atoms with Crippen molar-refractivity contribution in [1.82, 2.24) is 29.9 Å². The second-order valence-electron chi connectivity index (χ2n) is 5.53. The number of carbonyl (C=O) groups excluding carboxylic acids is 1.